The molecule has 0 saturated heterocycles. The van der Waals surface area contributed by atoms with Crippen molar-refractivity contribution in [2.75, 3.05) is 5.32 Å². The fraction of sp³-hybridized carbons (Fsp3) is 0.200. The average Bonchev–Trinajstić information content (AvgIpc) is 2.38. The molecule has 0 aliphatic rings. The van der Waals surface area contributed by atoms with Gasteiger partial charge in [-0.15, -0.1) is 0 Å². The lowest BCUT2D eigenvalue weighted by molar-refractivity contribution is -0.696. The number of hydrogen-bond acceptors (Lipinski definition) is 1. The van der Waals surface area contributed by atoms with E-state index in [2.05, 4.69) is 34.1 Å². The molecule has 0 aliphatic heterocycles. The van der Waals surface area contributed by atoms with Crippen LogP contribution < -0.4 is 9.88 Å². The zero-order valence-electron chi connectivity index (χ0n) is 10.5. The molecule has 1 N–H and O–H groups in total. The van der Waals surface area contributed by atoms with Crippen molar-refractivity contribution in [3.05, 3.63) is 60.4 Å². The van der Waals surface area contributed by atoms with Crippen LogP contribution in [-0.2, 0) is 17.8 Å². The van der Waals surface area contributed by atoms with Gasteiger partial charge in [0.05, 0.1) is 5.69 Å². The second-order valence-electron chi connectivity index (χ2n) is 4.24. The first kappa shape index (κ1) is 12.3. The van der Waals surface area contributed by atoms with E-state index >= 15 is 0 Å². The van der Waals surface area contributed by atoms with Crippen molar-refractivity contribution < 1.29 is 9.36 Å². The molecule has 0 saturated carbocycles. The van der Waals surface area contributed by atoms with Crippen molar-refractivity contribution in [1.82, 2.24) is 0 Å². The monoisotopic (exact) mass is 241 g/mol. The van der Waals surface area contributed by atoms with Gasteiger partial charge >= 0.3 is 0 Å². The summed E-state index contributed by atoms with van der Waals surface area (Å²) in [4.78, 5) is 10.9. The van der Waals surface area contributed by atoms with Gasteiger partial charge in [0.2, 0.25) is 5.91 Å². The molecular formula is C15H17N2O+. The van der Waals surface area contributed by atoms with Gasteiger partial charge in [-0.25, -0.2) is 4.57 Å². The topological polar surface area (TPSA) is 33.0 Å². The fourth-order valence-corrected chi connectivity index (χ4v) is 1.80. The van der Waals surface area contributed by atoms with E-state index in [4.69, 9.17) is 0 Å². The molecule has 2 aromatic rings. The van der Waals surface area contributed by atoms with Crippen molar-refractivity contribution in [3.63, 3.8) is 0 Å². The minimum absolute atomic E-state index is 0.0444. The molecule has 0 unspecified atom stereocenters. The summed E-state index contributed by atoms with van der Waals surface area (Å²) >= 11 is 0. The number of rotatable bonds is 4. The first-order valence-corrected chi connectivity index (χ1v) is 6.05. The lowest BCUT2D eigenvalue weighted by atomic mass is 10.1. The predicted octanol–water partition coefficient (Wildman–Crippen LogP) is 2.18. The predicted molar refractivity (Wildman–Crippen MR) is 71.1 cm³/mol. The maximum Gasteiger partial charge on any atom is 0.221 e. The number of pyridine rings is 1. The Labute approximate surface area is 107 Å². The summed E-state index contributed by atoms with van der Waals surface area (Å²) in [5.41, 5.74) is 2.16. The summed E-state index contributed by atoms with van der Waals surface area (Å²) in [7, 11) is 0. The third-order valence-corrected chi connectivity index (χ3v) is 2.71. The smallest absolute Gasteiger partial charge is 0.221 e. The zero-order chi connectivity index (χ0) is 12.8. The van der Waals surface area contributed by atoms with E-state index in [0.717, 1.165) is 18.7 Å². The molecule has 0 fully saturated rings. The largest absolute Gasteiger partial charge is 0.326 e. The van der Waals surface area contributed by atoms with Crippen molar-refractivity contribution in [3.8, 4) is 0 Å². The molecule has 0 radical (unpaired) electrons. The highest BCUT2D eigenvalue weighted by Crippen LogP contribution is 2.03. The molecule has 1 aromatic carbocycles. The molecule has 18 heavy (non-hydrogen) atoms. The summed E-state index contributed by atoms with van der Waals surface area (Å²) in [6.07, 6.45) is 4.97. The number of carbonyl (C=O) groups is 1. The van der Waals surface area contributed by atoms with E-state index in [1.54, 1.807) is 0 Å². The van der Waals surface area contributed by atoms with Gasteiger partial charge in [0, 0.05) is 25.5 Å². The molecule has 1 heterocycles. The van der Waals surface area contributed by atoms with Crippen LogP contribution in [0.3, 0.4) is 0 Å². The number of nitrogens with one attached hydrogen (secondary N) is 1. The molecule has 3 nitrogen and oxygen atoms in total. The van der Waals surface area contributed by atoms with Gasteiger partial charge in [-0.2, -0.15) is 0 Å². The highest BCUT2D eigenvalue weighted by molar-refractivity contribution is 5.88. The average molecular weight is 241 g/mol. The molecule has 92 valence electrons. The second kappa shape index (κ2) is 5.96. The Morgan fingerprint density at radius 1 is 1.11 bits per heavy atom. The Hall–Kier alpha value is -2.16. The van der Waals surface area contributed by atoms with Crippen LogP contribution in [0, 0.1) is 0 Å². The quantitative estimate of drug-likeness (QED) is 0.818. The number of amides is 1. The maximum absolute atomic E-state index is 10.9. The molecule has 1 amide bonds. The van der Waals surface area contributed by atoms with Gasteiger partial charge in [0.25, 0.3) is 0 Å². The Morgan fingerprint density at radius 2 is 1.78 bits per heavy atom. The van der Waals surface area contributed by atoms with Crippen LogP contribution in [0.4, 0.5) is 5.69 Å². The van der Waals surface area contributed by atoms with Crippen LogP contribution in [0.1, 0.15) is 12.5 Å². The number of aryl methyl sites for hydroxylation is 2. The van der Waals surface area contributed by atoms with Crippen LogP contribution in [0.2, 0.25) is 0 Å². The highest BCUT2D eigenvalue weighted by atomic mass is 16.1. The van der Waals surface area contributed by atoms with Gasteiger partial charge in [0.15, 0.2) is 18.9 Å². The minimum Gasteiger partial charge on any atom is -0.326 e. The zero-order valence-corrected chi connectivity index (χ0v) is 10.5. The molecular weight excluding hydrogens is 224 g/mol. The Balaban J connectivity index is 1.92. The highest BCUT2D eigenvalue weighted by Gasteiger charge is 2.02. The number of carbonyl (C=O) groups excluding carboxylic acids is 1. The second-order valence-corrected chi connectivity index (χ2v) is 4.24. The molecule has 2 rings (SSSR count). The number of aromatic nitrogens is 1. The van der Waals surface area contributed by atoms with Crippen molar-refractivity contribution >= 4 is 11.6 Å². The molecule has 3 heteroatoms. The number of hydrogen-bond donors (Lipinski definition) is 1. The van der Waals surface area contributed by atoms with Gasteiger partial charge < -0.3 is 5.32 Å². The third kappa shape index (κ3) is 3.70. The van der Waals surface area contributed by atoms with E-state index in [1.165, 1.54) is 12.5 Å². The van der Waals surface area contributed by atoms with Crippen LogP contribution >= 0.6 is 0 Å². The van der Waals surface area contributed by atoms with Crippen LogP contribution in [-0.4, -0.2) is 5.91 Å². The Kier molecular flexibility index (Phi) is 4.07. The van der Waals surface area contributed by atoms with Crippen LogP contribution in [0.15, 0.2) is 54.9 Å². The summed E-state index contributed by atoms with van der Waals surface area (Å²) in [5, 5.41) is 2.75. The normalized spacial score (nSPS) is 10.1. The van der Waals surface area contributed by atoms with E-state index in [1.807, 2.05) is 30.6 Å². The Bertz CT molecular complexity index is 506. The lowest BCUT2D eigenvalue weighted by Crippen LogP contribution is -2.33. The molecule has 0 atom stereocenters. The van der Waals surface area contributed by atoms with Gasteiger partial charge in [-0.3, -0.25) is 4.79 Å². The molecule has 1 aromatic heterocycles. The Morgan fingerprint density at radius 3 is 2.39 bits per heavy atom. The first-order chi connectivity index (χ1) is 8.74. The SMILES string of the molecule is CC(=O)Nc1cc[n+](CCc2ccccc2)cc1. The van der Waals surface area contributed by atoms with Gasteiger partial charge in [-0.1, -0.05) is 30.3 Å². The number of nitrogens with zero attached hydrogens (tertiary/aromatic N) is 1. The van der Waals surface area contributed by atoms with Gasteiger partial charge in [-0.05, 0) is 5.56 Å². The molecule has 0 aliphatic carbocycles. The summed E-state index contributed by atoms with van der Waals surface area (Å²) in [5.74, 6) is -0.0444. The van der Waals surface area contributed by atoms with E-state index in [0.29, 0.717) is 0 Å². The van der Waals surface area contributed by atoms with Gasteiger partial charge in [0.1, 0.15) is 0 Å². The minimum atomic E-state index is -0.0444. The third-order valence-electron chi connectivity index (χ3n) is 2.71. The number of anilines is 1. The van der Waals surface area contributed by atoms with E-state index < -0.39 is 0 Å². The lowest BCUT2D eigenvalue weighted by Gasteiger charge is -2.01. The number of benzene rings is 1. The summed E-state index contributed by atoms with van der Waals surface area (Å²) in [6.45, 7) is 2.45. The fourth-order valence-electron chi connectivity index (χ4n) is 1.80. The van der Waals surface area contributed by atoms with Crippen molar-refractivity contribution in [2.24, 2.45) is 0 Å². The van der Waals surface area contributed by atoms with Crippen molar-refractivity contribution in [2.45, 2.75) is 19.9 Å². The summed E-state index contributed by atoms with van der Waals surface area (Å²) < 4.78 is 2.11. The van der Waals surface area contributed by atoms with E-state index in [9.17, 15) is 4.79 Å². The van der Waals surface area contributed by atoms with Crippen LogP contribution in [0.25, 0.3) is 0 Å². The van der Waals surface area contributed by atoms with Crippen LogP contribution in [0.5, 0.6) is 0 Å². The standard InChI is InChI=1S/C15H16N2O/c1-13(18)16-15-8-11-17(12-9-15)10-7-14-5-3-2-4-6-14/h2-6,8-9,11-12H,7,10H2,1H3/p+1. The first-order valence-electron chi connectivity index (χ1n) is 6.05. The molecule has 0 bridgehead atoms. The maximum atomic E-state index is 10.9. The summed E-state index contributed by atoms with van der Waals surface area (Å²) in [6, 6.07) is 14.2. The molecule has 0 spiro atoms. The van der Waals surface area contributed by atoms with E-state index in [-0.39, 0.29) is 5.91 Å². The van der Waals surface area contributed by atoms with Crippen molar-refractivity contribution in [1.29, 1.82) is 0 Å².